The Morgan fingerprint density at radius 1 is 1.42 bits per heavy atom. The number of carbonyl (C=O) groups excluding carboxylic acids is 1. The zero-order chi connectivity index (χ0) is 8.97. The van der Waals surface area contributed by atoms with Crippen LogP contribution in [0.25, 0.3) is 0 Å². The van der Waals surface area contributed by atoms with E-state index in [1.807, 2.05) is 0 Å². The molecule has 2 N–H and O–H groups in total. The van der Waals surface area contributed by atoms with Crippen LogP contribution in [-0.2, 0) is 14.6 Å². The van der Waals surface area contributed by atoms with Gasteiger partial charge >= 0.3 is 5.97 Å². The second kappa shape index (κ2) is 4.42. The first-order valence-electron chi connectivity index (χ1n) is 4.29. The van der Waals surface area contributed by atoms with Crippen LogP contribution in [0.1, 0.15) is 32.6 Å². The van der Waals surface area contributed by atoms with Crippen LogP contribution in [0.5, 0.6) is 0 Å². The van der Waals surface area contributed by atoms with Gasteiger partial charge in [-0.25, -0.2) is 4.79 Å². The minimum Gasteiger partial charge on any atom is -0.325 e. The van der Waals surface area contributed by atoms with Gasteiger partial charge in [-0.1, -0.05) is 12.8 Å². The summed E-state index contributed by atoms with van der Waals surface area (Å²) in [5.74, 6) is -0.423. The Balaban J connectivity index is 2.24. The molecule has 0 aromatic rings. The van der Waals surface area contributed by atoms with Crippen molar-refractivity contribution in [2.45, 2.75) is 44.8 Å². The quantitative estimate of drug-likeness (QED) is 0.494. The van der Waals surface area contributed by atoms with Gasteiger partial charge in [0.05, 0.1) is 0 Å². The van der Waals surface area contributed by atoms with E-state index >= 15 is 0 Å². The smallest absolute Gasteiger partial charge is 0.325 e. The molecule has 0 aromatic carbocycles. The molecule has 1 aliphatic rings. The number of carbonyl (C=O) groups is 1. The molecule has 2 atom stereocenters. The lowest BCUT2D eigenvalue weighted by Gasteiger charge is -2.26. The maximum absolute atomic E-state index is 10.4. The van der Waals surface area contributed by atoms with Gasteiger partial charge in [0.1, 0.15) is 6.10 Å². The maximum atomic E-state index is 10.4. The Labute approximate surface area is 71.9 Å². The molecule has 4 nitrogen and oxygen atoms in total. The van der Waals surface area contributed by atoms with Crippen molar-refractivity contribution < 1.29 is 14.6 Å². The summed E-state index contributed by atoms with van der Waals surface area (Å²) in [5, 5.41) is 0. The monoisotopic (exact) mass is 173 g/mol. The number of rotatable bonds is 2. The summed E-state index contributed by atoms with van der Waals surface area (Å²) in [5.41, 5.74) is 5.75. The van der Waals surface area contributed by atoms with Crippen molar-refractivity contribution in [1.82, 2.24) is 0 Å². The highest BCUT2D eigenvalue weighted by Crippen LogP contribution is 2.19. The van der Waals surface area contributed by atoms with E-state index in [1.54, 1.807) is 0 Å². The van der Waals surface area contributed by atoms with Crippen LogP contribution in [0.3, 0.4) is 0 Å². The van der Waals surface area contributed by atoms with Crippen molar-refractivity contribution >= 4 is 5.97 Å². The van der Waals surface area contributed by atoms with Gasteiger partial charge in [0, 0.05) is 13.0 Å². The summed E-state index contributed by atoms with van der Waals surface area (Å²) in [6.45, 7) is 1.31. The number of nitrogens with two attached hydrogens (primary N) is 1. The molecule has 0 bridgehead atoms. The molecule has 1 fully saturated rings. The number of hydrogen-bond acceptors (Lipinski definition) is 4. The molecule has 0 radical (unpaired) electrons. The summed E-state index contributed by atoms with van der Waals surface area (Å²) in [6.07, 6.45) is 3.96. The predicted octanol–water partition coefficient (Wildman–Crippen LogP) is 0.751. The highest BCUT2D eigenvalue weighted by molar-refractivity contribution is 5.65. The summed E-state index contributed by atoms with van der Waals surface area (Å²) in [6, 6.07) is 0.0121. The van der Waals surface area contributed by atoms with Crippen molar-refractivity contribution in [3.05, 3.63) is 0 Å². The zero-order valence-corrected chi connectivity index (χ0v) is 7.29. The van der Waals surface area contributed by atoms with Crippen LogP contribution in [0.2, 0.25) is 0 Å². The standard InChI is InChI=1S/C8H15NO3/c1-6(10)11-12-8-5-3-2-4-7(8)9/h7-8H,2-5,9H2,1H3/t7-,8-/m1/s1. The Kier molecular flexibility index (Phi) is 3.49. The second-order valence-electron chi connectivity index (χ2n) is 3.16. The van der Waals surface area contributed by atoms with Crippen LogP contribution >= 0.6 is 0 Å². The molecule has 0 saturated heterocycles. The Morgan fingerprint density at radius 3 is 2.67 bits per heavy atom. The summed E-state index contributed by atoms with van der Waals surface area (Å²) in [4.78, 5) is 19.7. The van der Waals surface area contributed by atoms with Crippen LogP contribution in [0.4, 0.5) is 0 Å². The van der Waals surface area contributed by atoms with Crippen LogP contribution < -0.4 is 5.73 Å². The van der Waals surface area contributed by atoms with Gasteiger partial charge in [-0.05, 0) is 12.8 Å². The van der Waals surface area contributed by atoms with Crippen molar-refractivity contribution in [3.63, 3.8) is 0 Å². The predicted molar refractivity (Wildman–Crippen MR) is 43.1 cm³/mol. The summed E-state index contributed by atoms with van der Waals surface area (Å²) >= 11 is 0. The SMILES string of the molecule is CC(=O)OO[C@@H]1CCCC[C@H]1N. The molecule has 0 aromatic heterocycles. The normalized spacial score (nSPS) is 29.8. The molecule has 70 valence electrons. The van der Waals surface area contributed by atoms with E-state index in [9.17, 15) is 4.79 Å². The molecule has 0 heterocycles. The first-order valence-corrected chi connectivity index (χ1v) is 4.29. The molecule has 0 aliphatic heterocycles. The molecule has 0 unspecified atom stereocenters. The van der Waals surface area contributed by atoms with Gasteiger partial charge in [0.15, 0.2) is 0 Å². The average molecular weight is 173 g/mol. The third-order valence-corrected chi connectivity index (χ3v) is 2.04. The lowest BCUT2D eigenvalue weighted by Crippen LogP contribution is -2.39. The minimum absolute atomic E-state index is 0.0121. The van der Waals surface area contributed by atoms with Gasteiger partial charge in [-0.15, -0.1) is 0 Å². The molecule has 0 spiro atoms. The molecular weight excluding hydrogens is 158 g/mol. The van der Waals surface area contributed by atoms with E-state index in [2.05, 4.69) is 4.89 Å². The largest absolute Gasteiger partial charge is 0.339 e. The van der Waals surface area contributed by atoms with E-state index in [4.69, 9.17) is 10.6 Å². The summed E-state index contributed by atoms with van der Waals surface area (Å²) in [7, 11) is 0. The molecular formula is C8H15NO3. The first kappa shape index (κ1) is 9.48. The molecule has 4 heteroatoms. The van der Waals surface area contributed by atoms with Gasteiger partial charge in [0.25, 0.3) is 0 Å². The van der Waals surface area contributed by atoms with E-state index in [0.717, 1.165) is 25.7 Å². The highest BCUT2D eigenvalue weighted by atomic mass is 17.2. The molecule has 1 saturated carbocycles. The highest BCUT2D eigenvalue weighted by Gasteiger charge is 2.24. The lowest BCUT2D eigenvalue weighted by molar-refractivity contribution is -0.302. The average Bonchev–Trinajstić information content (AvgIpc) is 2.03. The first-order chi connectivity index (χ1) is 5.70. The van der Waals surface area contributed by atoms with Gasteiger partial charge in [0.2, 0.25) is 0 Å². The van der Waals surface area contributed by atoms with Crippen molar-refractivity contribution in [2.75, 3.05) is 0 Å². The van der Waals surface area contributed by atoms with Crippen molar-refractivity contribution in [2.24, 2.45) is 5.73 Å². The van der Waals surface area contributed by atoms with Crippen LogP contribution in [0.15, 0.2) is 0 Å². The van der Waals surface area contributed by atoms with Crippen LogP contribution in [0, 0.1) is 0 Å². The second-order valence-corrected chi connectivity index (χ2v) is 3.16. The van der Waals surface area contributed by atoms with E-state index in [1.165, 1.54) is 6.92 Å². The van der Waals surface area contributed by atoms with Gasteiger partial charge in [-0.2, -0.15) is 4.89 Å². The fourth-order valence-electron chi connectivity index (χ4n) is 1.37. The van der Waals surface area contributed by atoms with Gasteiger partial charge < -0.3 is 5.73 Å². The molecule has 1 rings (SSSR count). The molecule has 0 amide bonds. The topological polar surface area (TPSA) is 61.5 Å². The Morgan fingerprint density at radius 2 is 2.08 bits per heavy atom. The molecule has 1 aliphatic carbocycles. The third-order valence-electron chi connectivity index (χ3n) is 2.04. The maximum Gasteiger partial charge on any atom is 0.339 e. The zero-order valence-electron chi connectivity index (χ0n) is 7.29. The fourth-order valence-corrected chi connectivity index (χ4v) is 1.37. The Bertz CT molecular complexity index is 160. The Hall–Kier alpha value is -0.610. The van der Waals surface area contributed by atoms with E-state index < -0.39 is 5.97 Å². The summed E-state index contributed by atoms with van der Waals surface area (Å²) < 4.78 is 0. The van der Waals surface area contributed by atoms with Gasteiger partial charge in [-0.3, -0.25) is 4.89 Å². The van der Waals surface area contributed by atoms with Crippen LogP contribution in [-0.4, -0.2) is 18.1 Å². The van der Waals surface area contributed by atoms with E-state index in [-0.39, 0.29) is 12.1 Å². The lowest BCUT2D eigenvalue weighted by atomic mass is 9.93. The molecule has 12 heavy (non-hydrogen) atoms. The minimum atomic E-state index is -0.423. The van der Waals surface area contributed by atoms with E-state index in [0.29, 0.717) is 0 Å². The fraction of sp³-hybridized carbons (Fsp3) is 0.875. The third kappa shape index (κ3) is 2.79. The van der Waals surface area contributed by atoms with Crippen molar-refractivity contribution in [3.8, 4) is 0 Å². The number of hydrogen-bond donors (Lipinski definition) is 1. The van der Waals surface area contributed by atoms with Crippen molar-refractivity contribution in [1.29, 1.82) is 0 Å².